The van der Waals surface area contributed by atoms with Crippen LogP contribution in [0, 0.1) is 6.92 Å². The Morgan fingerprint density at radius 2 is 1.88 bits per heavy atom. The van der Waals surface area contributed by atoms with Gasteiger partial charge < -0.3 is 19.5 Å². The number of aryl methyl sites for hydroxylation is 2. The second-order valence-corrected chi connectivity index (χ2v) is 17.2. The summed E-state index contributed by atoms with van der Waals surface area (Å²) in [6, 6.07) is 7.94. The van der Waals surface area contributed by atoms with Gasteiger partial charge >= 0.3 is 0 Å². The summed E-state index contributed by atoms with van der Waals surface area (Å²) < 4.78 is 14.1. The number of amides is 1. The largest absolute Gasteiger partial charge is 0.444 e. The zero-order chi connectivity index (χ0) is 28.7. The van der Waals surface area contributed by atoms with Gasteiger partial charge in [0.15, 0.2) is 14.0 Å². The highest BCUT2D eigenvalue weighted by molar-refractivity contribution is 6.74. The van der Waals surface area contributed by atoms with Crippen LogP contribution in [0.2, 0.25) is 18.1 Å². The van der Waals surface area contributed by atoms with Gasteiger partial charge in [-0.05, 0) is 75.0 Å². The molecule has 0 saturated heterocycles. The smallest absolute Gasteiger partial charge is 0.277 e. The third-order valence-corrected chi connectivity index (χ3v) is 12.7. The number of pyridine rings is 1. The summed E-state index contributed by atoms with van der Waals surface area (Å²) in [5.41, 5.74) is 4.25. The van der Waals surface area contributed by atoms with Crippen molar-refractivity contribution in [3.63, 3.8) is 0 Å². The van der Waals surface area contributed by atoms with Crippen molar-refractivity contribution in [3.8, 4) is 11.5 Å². The predicted molar refractivity (Wildman–Crippen MR) is 161 cm³/mol. The van der Waals surface area contributed by atoms with Gasteiger partial charge in [-0.25, -0.2) is 4.98 Å². The van der Waals surface area contributed by atoms with Gasteiger partial charge in [0.25, 0.3) is 5.91 Å². The van der Waals surface area contributed by atoms with Crippen LogP contribution in [0.15, 0.2) is 47.3 Å². The van der Waals surface area contributed by atoms with Gasteiger partial charge in [0.1, 0.15) is 6.26 Å². The van der Waals surface area contributed by atoms with Gasteiger partial charge in [-0.3, -0.25) is 14.5 Å². The highest BCUT2D eigenvalue weighted by Gasteiger charge is 2.39. The number of carbonyl (C=O) groups excluding carboxylic acids is 1. The summed E-state index contributed by atoms with van der Waals surface area (Å²) in [6.45, 7) is 13.4. The molecule has 2 N–H and O–H groups in total. The highest BCUT2D eigenvalue weighted by Crippen LogP contribution is 2.39. The lowest BCUT2D eigenvalue weighted by molar-refractivity contribution is 0.102. The van der Waals surface area contributed by atoms with Crippen LogP contribution in [-0.4, -0.2) is 46.1 Å². The number of oxazole rings is 1. The van der Waals surface area contributed by atoms with Crippen LogP contribution in [0.1, 0.15) is 62.6 Å². The maximum absolute atomic E-state index is 13.3. The number of aromatic nitrogens is 4. The topological polar surface area (TPSA) is 107 Å². The quantitative estimate of drug-likeness (QED) is 0.236. The Hall–Kier alpha value is -3.50. The third-order valence-electron chi connectivity index (χ3n) is 8.19. The van der Waals surface area contributed by atoms with E-state index < -0.39 is 8.32 Å². The van der Waals surface area contributed by atoms with Crippen molar-refractivity contribution < 1.29 is 13.6 Å². The fraction of sp³-hybridized carbons (Fsp3) is 0.467. The molecule has 3 heterocycles. The van der Waals surface area contributed by atoms with Crippen LogP contribution < -0.4 is 10.6 Å². The van der Waals surface area contributed by atoms with E-state index in [2.05, 4.69) is 59.6 Å². The molecule has 5 rings (SSSR count). The molecule has 0 atom stereocenters. The minimum absolute atomic E-state index is 0.204. The number of anilines is 2. The lowest BCUT2D eigenvalue weighted by Crippen LogP contribution is -2.45. The summed E-state index contributed by atoms with van der Waals surface area (Å²) >= 11 is 0. The molecule has 1 aliphatic carbocycles. The lowest BCUT2D eigenvalue weighted by atomic mass is 9.93. The van der Waals surface area contributed by atoms with E-state index in [-0.39, 0.29) is 22.7 Å². The van der Waals surface area contributed by atoms with Gasteiger partial charge in [0.05, 0.1) is 16.9 Å². The van der Waals surface area contributed by atoms with Gasteiger partial charge in [0, 0.05) is 48.2 Å². The van der Waals surface area contributed by atoms with Gasteiger partial charge in [-0.2, -0.15) is 5.10 Å². The number of nitrogens with zero attached hydrogens (tertiary/aromatic N) is 4. The number of nitrogens with one attached hydrogen (secondary N) is 2. The summed E-state index contributed by atoms with van der Waals surface area (Å²) in [4.78, 5) is 21.9. The Bertz CT molecular complexity index is 1510. The van der Waals surface area contributed by atoms with Crippen molar-refractivity contribution in [3.05, 3.63) is 54.3 Å². The summed E-state index contributed by atoms with van der Waals surface area (Å²) in [5, 5.41) is 12.5. The van der Waals surface area contributed by atoms with Crippen LogP contribution in [0.25, 0.3) is 22.4 Å². The molecule has 40 heavy (non-hydrogen) atoms. The molecule has 3 aromatic heterocycles. The van der Waals surface area contributed by atoms with E-state index in [1.165, 1.54) is 6.26 Å². The van der Waals surface area contributed by atoms with Gasteiger partial charge in [-0.15, -0.1) is 0 Å². The Morgan fingerprint density at radius 1 is 1.12 bits per heavy atom. The minimum atomic E-state index is -1.79. The number of carbonyl (C=O) groups is 1. The van der Waals surface area contributed by atoms with E-state index in [4.69, 9.17) is 8.84 Å². The predicted octanol–water partition coefficient (Wildman–Crippen LogP) is 6.93. The Kier molecular flexibility index (Phi) is 7.58. The normalized spacial score (nSPS) is 18.2. The summed E-state index contributed by atoms with van der Waals surface area (Å²) in [7, 11) is 0.101. The number of hydrogen-bond donors (Lipinski definition) is 2. The number of hydrogen-bond acceptors (Lipinski definition) is 7. The maximum atomic E-state index is 13.3. The molecule has 0 radical (unpaired) electrons. The van der Waals surface area contributed by atoms with Crippen molar-refractivity contribution in [1.29, 1.82) is 0 Å². The monoisotopic (exact) mass is 560 g/mol. The van der Waals surface area contributed by atoms with E-state index >= 15 is 0 Å². The molecule has 1 saturated carbocycles. The minimum Gasteiger partial charge on any atom is -0.444 e. The van der Waals surface area contributed by atoms with E-state index in [1.54, 1.807) is 10.9 Å². The Morgan fingerprint density at radius 3 is 2.58 bits per heavy atom. The molecule has 212 valence electrons. The van der Waals surface area contributed by atoms with E-state index in [0.29, 0.717) is 17.7 Å². The Labute approximate surface area is 236 Å². The van der Waals surface area contributed by atoms with Crippen LogP contribution >= 0.6 is 0 Å². The fourth-order valence-electron chi connectivity index (χ4n) is 4.93. The zero-order valence-electron chi connectivity index (χ0n) is 24.5. The first-order valence-corrected chi connectivity index (χ1v) is 16.9. The van der Waals surface area contributed by atoms with Crippen molar-refractivity contribution >= 4 is 36.5 Å². The molecule has 0 bridgehead atoms. The van der Waals surface area contributed by atoms with E-state index in [1.807, 2.05) is 44.4 Å². The van der Waals surface area contributed by atoms with Crippen LogP contribution in [0.5, 0.6) is 0 Å². The van der Waals surface area contributed by atoms with Crippen molar-refractivity contribution in [1.82, 2.24) is 19.7 Å². The molecular formula is C30H40N6O3Si. The SMILES string of the molecule is Cc1cc(-c2nc(C(=O)Nc3cc4cn(C)nc4cc3NC3CCC(O[Si](C)(C)C(C)(C)C)CC3)co2)ccn1. The molecule has 0 unspecified atom stereocenters. The molecule has 1 amide bonds. The number of benzene rings is 1. The maximum Gasteiger partial charge on any atom is 0.277 e. The summed E-state index contributed by atoms with van der Waals surface area (Å²) in [6.07, 6.45) is 9.39. The lowest BCUT2D eigenvalue weighted by Gasteiger charge is -2.41. The first kappa shape index (κ1) is 28.0. The number of rotatable bonds is 7. The zero-order valence-corrected chi connectivity index (χ0v) is 25.5. The van der Waals surface area contributed by atoms with Crippen molar-refractivity contribution in [2.75, 3.05) is 10.6 Å². The van der Waals surface area contributed by atoms with E-state index in [9.17, 15) is 4.79 Å². The van der Waals surface area contributed by atoms with Gasteiger partial charge in [-0.1, -0.05) is 20.8 Å². The Balaban J connectivity index is 1.31. The molecule has 1 aliphatic rings. The van der Waals surface area contributed by atoms with E-state index in [0.717, 1.165) is 53.5 Å². The van der Waals surface area contributed by atoms with Crippen LogP contribution in [0.4, 0.5) is 11.4 Å². The number of fused-ring (bicyclic) bond motifs is 1. The molecular weight excluding hydrogens is 520 g/mol. The highest BCUT2D eigenvalue weighted by atomic mass is 28.4. The van der Waals surface area contributed by atoms with Crippen LogP contribution in [-0.2, 0) is 11.5 Å². The third kappa shape index (κ3) is 6.12. The second kappa shape index (κ2) is 10.8. The standard InChI is InChI=1S/C30H40N6O3Si/c1-19-14-20(12-13-31-19)29-34-27(18-38-29)28(37)33-25-15-21-17-36(5)35-24(21)16-26(25)32-22-8-10-23(11-9-22)39-40(6,7)30(2,3)4/h12-18,22-23,32H,8-11H2,1-7H3,(H,33,37). The molecule has 9 nitrogen and oxygen atoms in total. The average molecular weight is 561 g/mol. The van der Waals surface area contributed by atoms with Crippen molar-refractivity contribution in [2.45, 2.75) is 83.7 Å². The van der Waals surface area contributed by atoms with Crippen molar-refractivity contribution in [2.24, 2.45) is 7.05 Å². The average Bonchev–Trinajstić information content (AvgIpc) is 3.51. The molecule has 0 spiro atoms. The second-order valence-electron chi connectivity index (χ2n) is 12.4. The molecule has 0 aliphatic heterocycles. The molecule has 1 aromatic carbocycles. The van der Waals surface area contributed by atoms with Crippen LogP contribution in [0.3, 0.4) is 0 Å². The van der Waals surface area contributed by atoms with Gasteiger partial charge in [0.2, 0.25) is 5.89 Å². The first-order chi connectivity index (χ1) is 18.9. The molecule has 4 aromatic rings. The first-order valence-electron chi connectivity index (χ1n) is 14.0. The molecule has 10 heteroatoms. The fourth-order valence-corrected chi connectivity index (χ4v) is 6.35. The molecule has 1 fully saturated rings. The summed E-state index contributed by atoms with van der Waals surface area (Å²) in [5.74, 6) is 0.0481.